The Bertz CT molecular complexity index is 519. The van der Waals surface area contributed by atoms with Crippen LogP contribution < -0.4 is 10.1 Å². The van der Waals surface area contributed by atoms with Crippen LogP contribution in [0.4, 0.5) is 5.69 Å². The van der Waals surface area contributed by atoms with E-state index < -0.39 is 5.60 Å². The molecule has 1 rings (SSSR count). The Morgan fingerprint density at radius 3 is 2.57 bits per heavy atom. The van der Waals surface area contributed by atoms with E-state index in [0.717, 1.165) is 5.56 Å². The normalized spacial score (nSPS) is 13.7. The average Bonchev–Trinajstić information content (AvgIpc) is 2.48. The summed E-state index contributed by atoms with van der Waals surface area (Å²) in [4.78, 5) is 16.7. The Morgan fingerprint density at radius 2 is 2.04 bits per heavy atom. The van der Waals surface area contributed by atoms with E-state index in [0.29, 0.717) is 37.1 Å². The Hall–Kier alpha value is -1.66. The zero-order valence-electron chi connectivity index (χ0n) is 14.9. The maximum absolute atomic E-state index is 12.5. The number of aryl methyl sites for hydroxylation is 1. The molecular formula is C17H28N2O4. The lowest BCUT2D eigenvalue weighted by Gasteiger charge is -2.28. The van der Waals surface area contributed by atoms with E-state index in [4.69, 9.17) is 14.2 Å². The molecule has 0 saturated heterocycles. The number of aromatic nitrogens is 1. The zero-order chi connectivity index (χ0) is 17.5. The molecule has 1 N–H and O–H groups in total. The first-order valence-corrected chi connectivity index (χ1v) is 7.77. The molecule has 0 saturated carbocycles. The second-order valence-electron chi connectivity index (χ2n) is 6.17. The van der Waals surface area contributed by atoms with Crippen molar-refractivity contribution in [2.24, 2.45) is 5.92 Å². The van der Waals surface area contributed by atoms with Gasteiger partial charge in [0.15, 0.2) is 0 Å². The van der Waals surface area contributed by atoms with Gasteiger partial charge in [-0.15, -0.1) is 0 Å². The molecule has 0 aliphatic rings. The third-order valence-corrected chi connectivity index (χ3v) is 3.54. The summed E-state index contributed by atoms with van der Waals surface area (Å²) in [5.41, 5.74) is 0.607. The van der Waals surface area contributed by atoms with Crippen LogP contribution in [0.2, 0.25) is 0 Å². The van der Waals surface area contributed by atoms with Crippen molar-refractivity contribution in [1.29, 1.82) is 0 Å². The molecule has 1 aromatic heterocycles. The van der Waals surface area contributed by atoms with Gasteiger partial charge < -0.3 is 19.5 Å². The molecule has 0 aromatic carbocycles. The molecule has 0 fully saturated rings. The Morgan fingerprint density at radius 1 is 1.35 bits per heavy atom. The van der Waals surface area contributed by atoms with Gasteiger partial charge in [0, 0.05) is 19.8 Å². The highest BCUT2D eigenvalue weighted by Gasteiger charge is 2.34. The number of rotatable bonds is 9. The summed E-state index contributed by atoms with van der Waals surface area (Å²) < 4.78 is 15.9. The SMILES string of the molecule is COCCOc1ncc(NC(=O)C(C)(CC(C)C)OC)cc1C. The topological polar surface area (TPSA) is 69.7 Å². The van der Waals surface area contributed by atoms with Crippen molar-refractivity contribution in [2.45, 2.75) is 39.7 Å². The minimum atomic E-state index is -0.865. The maximum atomic E-state index is 12.5. The third-order valence-electron chi connectivity index (χ3n) is 3.54. The Balaban J connectivity index is 2.76. The minimum Gasteiger partial charge on any atom is -0.475 e. The lowest BCUT2D eigenvalue weighted by atomic mass is 9.93. The molecule has 130 valence electrons. The summed E-state index contributed by atoms with van der Waals surface area (Å²) in [6.07, 6.45) is 2.22. The molecule has 0 aliphatic heterocycles. The monoisotopic (exact) mass is 324 g/mol. The summed E-state index contributed by atoms with van der Waals surface area (Å²) in [6, 6.07) is 1.83. The van der Waals surface area contributed by atoms with E-state index >= 15 is 0 Å². The number of nitrogens with zero attached hydrogens (tertiary/aromatic N) is 1. The van der Waals surface area contributed by atoms with Crippen molar-refractivity contribution in [3.63, 3.8) is 0 Å². The second kappa shape index (κ2) is 8.84. The van der Waals surface area contributed by atoms with Crippen LogP contribution in [0.5, 0.6) is 5.88 Å². The summed E-state index contributed by atoms with van der Waals surface area (Å²) >= 11 is 0. The van der Waals surface area contributed by atoms with E-state index in [2.05, 4.69) is 24.1 Å². The Kier molecular flexibility index (Phi) is 7.45. The number of hydrogen-bond acceptors (Lipinski definition) is 5. The van der Waals surface area contributed by atoms with Crippen LogP contribution in [0.25, 0.3) is 0 Å². The molecule has 6 heteroatoms. The van der Waals surface area contributed by atoms with Gasteiger partial charge in [0.1, 0.15) is 12.2 Å². The number of methoxy groups -OCH3 is 2. The molecular weight excluding hydrogens is 296 g/mol. The van der Waals surface area contributed by atoms with Gasteiger partial charge in [-0.1, -0.05) is 13.8 Å². The van der Waals surface area contributed by atoms with Gasteiger partial charge in [0.25, 0.3) is 5.91 Å². The number of pyridine rings is 1. The minimum absolute atomic E-state index is 0.178. The molecule has 1 atom stereocenters. The van der Waals surface area contributed by atoms with Crippen LogP contribution in [0.1, 0.15) is 32.8 Å². The molecule has 0 spiro atoms. The fourth-order valence-electron chi connectivity index (χ4n) is 2.31. The van der Waals surface area contributed by atoms with Crippen molar-refractivity contribution in [1.82, 2.24) is 4.98 Å². The summed E-state index contributed by atoms with van der Waals surface area (Å²) in [5, 5.41) is 2.87. The van der Waals surface area contributed by atoms with Crippen LogP contribution in [-0.2, 0) is 14.3 Å². The number of amides is 1. The third kappa shape index (κ3) is 5.80. The second-order valence-corrected chi connectivity index (χ2v) is 6.17. The van der Waals surface area contributed by atoms with E-state index in [-0.39, 0.29) is 5.91 Å². The molecule has 1 unspecified atom stereocenters. The number of carbonyl (C=O) groups excluding carboxylic acids is 1. The van der Waals surface area contributed by atoms with Crippen LogP contribution in [-0.4, -0.2) is 43.9 Å². The van der Waals surface area contributed by atoms with Crippen molar-refractivity contribution < 1.29 is 19.0 Å². The Labute approximate surface area is 138 Å². The standard InChI is InChI=1S/C17H28N2O4/c1-12(2)10-17(4,22-6)16(20)19-14-9-13(3)15(18-11-14)23-8-7-21-5/h9,11-12H,7-8,10H2,1-6H3,(H,19,20). The molecule has 0 bridgehead atoms. The highest BCUT2D eigenvalue weighted by molar-refractivity contribution is 5.97. The van der Waals surface area contributed by atoms with Crippen molar-refractivity contribution in [3.8, 4) is 5.88 Å². The van der Waals surface area contributed by atoms with E-state index in [1.165, 1.54) is 0 Å². The van der Waals surface area contributed by atoms with Gasteiger partial charge >= 0.3 is 0 Å². The smallest absolute Gasteiger partial charge is 0.256 e. The number of carbonyl (C=O) groups is 1. The first-order valence-electron chi connectivity index (χ1n) is 7.77. The summed E-state index contributed by atoms with van der Waals surface area (Å²) in [7, 11) is 3.17. The van der Waals surface area contributed by atoms with Gasteiger partial charge in [-0.2, -0.15) is 0 Å². The largest absolute Gasteiger partial charge is 0.475 e. The highest BCUT2D eigenvalue weighted by atomic mass is 16.5. The lowest BCUT2D eigenvalue weighted by molar-refractivity contribution is -0.137. The quantitative estimate of drug-likeness (QED) is 0.707. The van der Waals surface area contributed by atoms with E-state index in [1.807, 2.05) is 13.0 Å². The average molecular weight is 324 g/mol. The number of anilines is 1. The van der Waals surface area contributed by atoms with Gasteiger partial charge in [0.05, 0.1) is 18.5 Å². The first-order chi connectivity index (χ1) is 10.8. The summed E-state index contributed by atoms with van der Waals surface area (Å²) in [5.74, 6) is 0.710. The number of nitrogens with one attached hydrogen (secondary N) is 1. The van der Waals surface area contributed by atoms with E-state index in [9.17, 15) is 4.79 Å². The van der Waals surface area contributed by atoms with E-state index in [1.54, 1.807) is 27.3 Å². The molecule has 0 aliphatic carbocycles. The highest BCUT2D eigenvalue weighted by Crippen LogP contribution is 2.24. The molecule has 1 heterocycles. The van der Waals surface area contributed by atoms with Gasteiger partial charge in [-0.05, 0) is 32.3 Å². The molecule has 6 nitrogen and oxygen atoms in total. The number of ether oxygens (including phenoxy) is 3. The fourth-order valence-corrected chi connectivity index (χ4v) is 2.31. The van der Waals surface area contributed by atoms with Crippen molar-refractivity contribution in [3.05, 3.63) is 17.8 Å². The summed E-state index contributed by atoms with van der Waals surface area (Å²) in [6.45, 7) is 8.73. The van der Waals surface area contributed by atoms with Crippen molar-refractivity contribution >= 4 is 11.6 Å². The predicted octanol–water partition coefficient (Wildman–Crippen LogP) is 2.80. The van der Waals surface area contributed by atoms with Crippen LogP contribution in [0, 0.1) is 12.8 Å². The molecule has 1 aromatic rings. The van der Waals surface area contributed by atoms with Gasteiger partial charge in [-0.3, -0.25) is 4.79 Å². The van der Waals surface area contributed by atoms with Crippen LogP contribution in [0.15, 0.2) is 12.3 Å². The molecule has 1 amide bonds. The van der Waals surface area contributed by atoms with Gasteiger partial charge in [-0.25, -0.2) is 4.98 Å². The van der Waals surface area contributed by atoms with Crippen molar-refractivity contribution in [2.75, 3.05) is 32.8 Å². The first kappa shape index (κ1) is 19.4. The predicted molar refractivity (Wildman–Crippen MR) is 89.8 cm³/mol. The zero-order valence-corrected chi connectivity index (χ0v) is 14.9. The van der Waals surface area contributed by atoms with Crippen LogP contribution in [0.3, 0.4) is 0 Å². The van der Waals surface area contributed by atoms with Gasteiger partial charge in [0.2, 0.25) is 5.88 Å². The molecule has 0 radical (unpaired) electrons. The maximum Gasteiger partial charge on any atom is 0.256 e. The number of hydrogen-bond donors (Lipinski definition) is 1. The lowest BCUT2D eigenvalue weighted by Crippen LogP contribution is -2.43. The van der Waals surface area contributed by atoms with Crippen LogP contribution >= 0.6 is 0 Å². The molecule has 23 heavy (non-hydrogen) atoms. The fraction of sp³-hybridized carbons (Fsp3) is 0.647.